The summed E-state index contributed by atoms with van der Waals surface area (Å²) in [6, 6.07) is 0. The molecule has 31 heavy (non-hydrogen) atoms. The summed E-state index contributed by atoms with van der Waals surface area (Å²) in [4.78, 5) is 12.8. The van der Waals surface area contributed by atoms with Crippen LogP contribution in [0.3, 0.4) is 0 Å². The standard InChI is InChI=1S/C26H50O3Si2/c1-13-14-15-16-21(28-31(11,12)25(6,7)8)17-18-26(29-30(9)10)20(2)22(27)19-23(26)24(3,4)5/h17-18,21,23,30H,2,13-16,19H2,1,3-12H3/t21-,23?,26?/m0/s1. The minimum atomic E-state index is -1.92. The van der Waals surface area contributed by atoms with Crippen molar-refractivity contribution in [3.05, 3.63) is 24.3 Å². The third-order valence-electron chi connectivity index (χ3n) is 7.09. The van der Waals surface area contributed by atoms with E-state index in [2.05, 4.69) is 93.4 Å². The monoisotopic (exact) mass is 466 g/mol. The first kappa shape index (κ1) is 28.5. The van der Waals surface area contributed by atoms with Gasteiger partial charge in [0.25, 0.3) is 0 Å². The number of hydrogen-bond donors (Lipinski definition) is 0. The van der Waals surface area contributed by atoms with Gasteiger partial charge in [0.2, 0.25) is 0 Å². The van der Waals surface area contributed by atoms with Gasteiger partial charge in [0.05, 0.1) is 6.10 Å². The molecule has 1 aliphatic carbocycles. The molecule has 0 bridgehead atoms. The van der Waals surface area contributed by atoms with Crippen molar-refractivity contribution in [1.82, 2.24) is 0 Å². The van der Waals surface area contributed by atoms with Gasteiger partial charge >= 0.3 is 0 Å². The summed E-state index contributed by atoms with van der Waals surface area (Å²) in [6.07, 6.45) is 9.51. The molecule has 1 fully saturated rings. The molecular formula is C26H50O3Si2. The second-order valence-electron chi connectivity index (χ2n) is 12.3. The molecule has 0 spiro atoms. The van der Waals surface area contributed by atoms with E-state index in [9.17, 15) is 4.79 Å². The van der Waals surface area contributed by atoms with Crippen molar-refractivity contribution in [2.45, 2.75) is 124 Å². The summed E-state index contributed by atoms with van der Waals surface area (Å²) in [6.45, 7) is 28.9. The Morgan fingerprint density at radius 3 is 2.23 bits per heavy atom. The Bertz CT molecular complexity index is 653. The lowest BCUT2D eigenvalue weighted by Gasteiger charge is -2.42. The number of unbranched alkanes of at least 4 members (excludes halogenated alkanes) is 2. The highest BCUT2D eigenvalue weighted by molar-refractivity contribution is 6.74. The molecule has 1 saturated carbocycles. The molecule has 0 heterocycles. The normalized spacial score (nSPS) is 24.6. The molecule has 1 rings (SSSR count). The molecule has 0 aliphatic heterocycles. The Hall–Kier alpha value is -0.496. The van der Waals surface area contributed by atoms with Gasteiger partial charge in [0.15, 0.2) is 23.1 Å². The second-order valence-corrected chi connectivity index (χ2v) is 19.3. The van der Waals surface area contributed by atoms with Gasteiger partial charge in [-0.3, -0.25) is 4.79 Å². The summed E-state index contributed by atoms with van der Waals surface area (Å²) in [5.74, 6) is 0.238. The SMILES string of the molecule is C=C1C(=O)CC(C(C)(C)C)C1(C=C[C@H](CCCCC)O[Si](C)(C)C(C)(C)C)O[SiH](C)C. The van der Waals surface area contributed by atoms with Crippen molar-refractivity contribution in [2.75, 3.05) is 0 Å². The maximum atomic E-state index is 12.8. The van der Waals surface area contributed by atoms with Gasteiger partial charge in [-0.15, -0.1) is 0 Å². The molecular weight excluding hydrogens is 416 g/mol. The van der Waals surface area contributed by atoms with E-state index in [1.54, 1.807) is 0 Å². The molecule has 180 valence electrons. The molecule has 1 aliphatic rings. The average molecular weight is 467 g/mol. The van der Waals surface area contributed by atoms with E-state index >= 15 is 0 Å². The van der Waals surface area contributed by atoms with Crippen molar-refractivity contribution in [3.8, 4) is 0 Å². The lowest BCUT2D eigenvalue weighted by atomic mass is 9.71. The van der Waals surface area contributed by atoms with Crippen LogP contribution in [0.4, 0.5) is 0 Å². The van der Waals surface area contributed by atoms with Gasteiger partial charge < -0.3 is 8.85 Å². The fourth-order valence-electron chi connectivity index (χ4n) is 4.23. The van der Waals surface area contributed by atoms with E-state index in [0.29, 0.717) is 12.0 Å². The van der Waals surface area contributed by atoms with Crippen LogP contribution >= 0.6 is 0 Å². The Morgan fingerprint density at radius 1 is 1.19 bits per heavy atom. The van der Waals surface area contributed by atoms with E-state index in [4.69, 9.17) is 8.85 Å². The van der Waals surface area contributed by atoms with Crippen LogP contribution in [0.5, 0.6) is 0 Å². The average Bonchev–Trinajstić information content (AvgIpc) is 2.83. The van der Waals surface area contributed by atoms with Crippen molar-refractivity contribution in [1.29, 1.82) is 0 Å². The third-order valence-corrected chi connectivity index (χ3v) is 12.5. The lowest BCUT2D eigenvalue weighted by Crippen LogP contribution is -2.46. The number of ketones is 1. The quantitative estimate of drug-likeness (QED) is 0.145. The van der Waals surface area contributed by atoms with E-state index in [-0.39, 0.29) is 28.3 Å². The van der Waals surface area contributed by atoms with Crippen LogP contribution in [0.15, 0.2) is 24.3 Å². The largest absolute Gasteiger partial charge is 0.411 e. The van der Waals surface area contributed by atoms with Crippen molar-refractivity contribution in [2.24, 2.45) is 11.3 Å². The Kier molecular flexibility index (Phi) is 9.78. The first-order chi connectivity index (χ1) is 14.0. The number of Topliss-reactive ketones (excluding diaryl/α,β-unsaturated/α-hetero) is 1. The van der Waals surface area contributed by atoms with E-state index in [1.807, 2.05) is 0 Å². The summed E-state index contributed by atoms with van der Waals surface area (Å²) >= 11 is 0. The zero-order valence-corrected chi connectivity index (χ0v) is 24.5. The van der Waals surface area contributed by atoms with E-state index in [1.165, 1.54) is 12.8 Å². The lowest BCUT2D eigenvalue weighted by molar-refractivity contribution is -0.115. The molecule has 0 aromatic heterocycles. The molecule has 5 heteroatoms. The Balaban J connectivity index is 3.38. The smallest absolute Gasteiger partial charge is 0.192 e. The maximum Gasteiger partial charge on any atom is 0.192 e. The molecule has 0 aromatic carbocycles. The summed E-state index contributed by atoms with van der Waals surface area (Å²) in [7, 11) is -3.34. The minimum absolute atomic E-state index is 0.0471. The zero-order chi connectivity index (χ0) is 24.3. The number of hydrogen-bond acceptors (Lipinski definition) is 3. The van der Waals surface area contributed by atoms with Crippen molar-refractivity contribution >= 4 is 23.1 Å². The first-order valence-corrected chi connectivity index (χ1v) is 17.9. The topological polar surface area (TPSA) is 35.5 Å². The van der Waals surface area contributed by atoms with E-state index < -0.39 is 23.0 Å². The van der Waals surface area contributed by atoms with Crippen LogP contribution in [0, 0.1) is 11.3 Å². The van der Waals surface area contributed by atoms with Crippen LogP contribution < -0.4 is 0 Å². The molecule has 0 amide bonds. The molecule has 0 aromatic rings. The number of carbonyl (C=O) groups is 1. The first-order valence-electron chi connectivity index (χ1n) is 12.3. The molecule has 3 nitrogen and oxygen atoms in total. The molecule has 3 atom stereocenters. The minimum Gasteiger partial charge on any atom is -0.411 e. The highest BCUT2D eigenvalue weighted by atomic mass is 28.4. The zero-order valence-electron chi connectivity index (χ0n) is 22.4. The van der Waals surface area contributed by atoms with Crippen molar-refractivity contribution in [3.63, 3.8) is 0 Å². The van der Waals surface area contributed by atoms with Crippen LogP contribution in [-0.4, -0.2) is 34.8 Å². The van der Waals surface area contributed by atoms with Crippen LogP contribution in [0.25, 0.3) is 0 Å². The van der Waals surface area contributed by atoms with Crippen LogP contribution in [-0.2, 0) is 13.6 Å². The fourth-order valence-corrected chi connectivity index (χ4v) is 6.70. The van der Waals surface area contributed by atoms with Gasteiger partial charge in [0.1, 0.15) is 5.60 Å². The summed E-state index contributed by atoms with van der Waals surface area (Å²) in [5, 5.41) is 0.156. The third kappa shape index (κ3) is 7.24. The van der Waals surface area contributed by atoms with Gasteiger partial charge in [-0.2, -0.15) is 0 Å². The van der Waals surface area contributed by atoms with Crippen LogP contribution in [0.1, 0.15) is 80.6 Å². The number of carbonyl (C=O) groups excluding carboxylic acids is 1. The molecule has 0 saturated heterocycles. The second kappa shape index (κ2) is 10.6. The van der Waals surface area contributed by atoms with Gasteiger partial charge in [-0.25, -0.2) is 0 Å². The van der Waals surface area contributed by atoms with Crippen LogP contribution in [0.2, 0.25) is 31.2 Å². The maximum absolute atomic E-state index is 12.8. The predicted octanol–water partition coefficient (Wildman–Crippen LogP) is 7.44. The van der Waals surface area contributed by atoms with Gasteiger partial charge in [0, 0.05) is 17.9 Å². The summed E-state index contributed by atoms with van der Waals surface area (Å²) in [5.41, 5.74) is -0.125. The fraction of sp³-hybridized carbons (Fsp3) is 0.808. The predicted molar refractivity (Wildman–Crippen MR) is 140 cm³/mol. The highest BCUT2D eigenvalue weighted by Gasteiger charge is 2.54. The van der Waals surface area contributed by atoms with Gasteiger partial charge in [-0.1, -0.05) is 86.5 Å². The summed E-state index contributed by atoms with van der Waals surface area (Å²) < 4.78 is 13.5. The van der Waals surface area contributed by atoms with Crippen molar-refractivity contribution < 1.29 is 13.6 Å². The molecule has 2 unspecified atom stereocenters. The van der Waals surface area contributed by atoms with Gasteiger partial charge in [-0.05, 0) is 43.1 Å². The Labute approximate surface area is 195 Å². The molecule has 0 N–H and O–H groups in total. The highest BCUT2D eigenvalue weighted by Crippen LogP contribution is 2.50. The molecule has 0 radical (unpaired) electrons. The Morgan fingerprint density at radius 2 is 1.77 bits per heavy atom. The van der Waals surface area contributed by atoms with E-state index in [0.717, 1.165) is 12.8 Å². The number of rotatable bonds is 10.